The van der Waals surface area contributed by atoms with Crippen LogP contribution in [-0.2, 0) is 4.84 Å². The maximum Gasteiger partial charge on any atom is 0.118 e. The highest BCUT2D eigenvalue weighted by Crippen LogP contribution is 2.70. The first-order valence-electron chi connectivity index (χ1n) is 12.8. The van der Waals surface area contributed by atoms with Gasteiger partial charge in [0.1, 0.15) is 6.61 Å². The third-order valence-electron chi connectivity index (χ3n) is 9.99. The summed E-state index contributed by atoms with van der Waals surface area (Å²) >= 11 is 0. The number of rotatable bonds is 7. The fourth-order valence-corrected chi connectivity index (χ4v) is 8.29. The molecule has 4 heteroatoms. The Morgan fingerprint density at radius 1 is 1.00 bits per heavy atom. The summed E-state index contributed by atoms with van der Waals surface area (Å²) in [6.45, 7) is 6.36. The predicted molar refractivity (Wildman–Crippen MR) is 128 cm³/mol. The van der Waals surface area contributed by atoms with Gasteiger partial charge in [0.05, 0.1) is 12.3 Å². The van der Waals surface area contributed by atoms with Gasteiger partial charge in [-0.25, -0.2) is 0 Å². The zero-order chi connectivity index (χ0) is 22.0. The first-order chi connectivity index (χ1) is 14.9. The molecule has 0 aromatic heterocycles. The van der Waals surface area contributed by atoms with Crippen molar-refractivity contribution in [2.24, 2.45) is 44.9 Å². The lowest BCUT2D eigenvalue weighted by Gasteiger charge is -2.65. The second kappa shape index (κ2) is 9.39. The molecule has 0 aromatic carbocycles. The predicted octanol–water partition coefficient (Wildman–Crippen LogP) is 5.61. The lowest BCUT2D eigenvalue weighted by Crippen LogP contribution is -2.58. The molecular weight excluding hydrogens is 384 g/mol. The summed E-state index contributed by atoms with van der Waals surface area (Å²) in [6, 6.07) is 0. The van der Waals surface area contributed by atoms with Crippen LogP contribution in [0.4, 0.5) is 0 Å². The Morgan fingerprint density at radius 2 is 1.87 bits per heavy atom. The number of oxime groups is 1. The van der Waals surface area contributed by atoms with E-state index in [9.17, 15) is 5.11 Å². The molecule has 174 valence electrons. The van der Waals surface area contributed by atoms with Crippen LogP contribution in [0.15, 0.2) is 29.5 Å². The minimum Gasteiger partial charge on any atom is -0.396 e. The SMILES string of the molecule is C[C@@]12CCC[C@H]1[C@@H]1CC[C@]3(C=CC=CC=NOCCCN)C[C@@H](O)CC[C@]3(C)[C@H]1CC2. The number of hydrogen-bond acceptors (Lipinski definition) is 4. The highest BCUT2D eigenvalue weighted by molar-refractivity contribution is 5.70. The van der Waals surface area contributed by atoms with Crippen molar-refractivity contribution >= 4 is 6.21 Å². The topological polar surface area (TPSA) is 67.8 Å². The second-order valence-corrected chi connectivity index (χ2v) is 11.4. The molecule has 4 saturated carbocycles. The number of nitrogens with zero attached hydrogens (tertiary/aromatic N) is 1. The molecule has 3 N–H and O–H groups in total. The van der Waals surface area contributed by atoms with Gasteiger partial charge < -0.3 is 15.7 Å². The monoisotopic (exact) mass is 428 g/mol. The van der Waals surface area contributed by atoms with Crippen LogP contribution in [0, 0.1) is 34.0 Å². The van der Waals surface area contributed by atoms with Gasteiger partial charge in [0.15, 0.2) is 0 Å². The lowest BCUT2D eigenvalue weighted by atomic mass is 9.40. The Balaban J connectivity index is 1.49. The van der Waals surface area contributed by atoms with Crippen LogP contribution >= 0.6 is 0 Å². The van der Waals surface area contributed by atoms with E-state index in [1.165, 1.54) is 51.4 Å². The Morgan fingerprint density at radius 3 is 2.71 bits per heavy atom. The average Bonchev–Trinajstić information content (AvgIpc) is 3.15. The standard InChI is InChI=1S/C27H44N2O2/c1-25-12-6-8-23(25)22-10-16-27(13-4-3-5-18-29-31-19-7-17-28)20-21(30)9-15-26(27,2)24(22)11-14-25/h3-5,13,18,21-24,30H,6-12,14-17,19-20,28H2,1-2H3/t21-,22-,23-,24-,25-,26+,27+/m0/s1. The van der Waals surface area contributed by atoms with Gasteiger partial charge >= 0.3 is 0 Å². The smallest absolute Gasteiger partial charge is 0.118 e. The Bertz CT molecular complexity index is 703. The van der Waals surface area contributed by atoms with E-state index in [1.807, 2.05) is 6.08 Å². The summed E-state index contributed by atoms with van der Waals surface area (Å²) in [5.41, 5.74) is 6.49. The highest BCUT2D eigenvalue weighted by Gasteiger charge is 2.62. The van der Waals surface area contributed by atoms with E-state index in [1.54, 1.807) is 6.21 Å². The van der Waals surface area contributed by atoms with Crippen LogP contribution in [0.3, 0.4) is 0 Å². The molecule has 4 aliphatic rings. The molecule has 4 aliphatic carbocycles. The molecule has 4 rings (SSSR count). The number of nitrogens with two attached hydrogens (primary N) is 1. The molecule has 4 fully saturated rings. The summed E-state index contributed by atoms with van der Waals surface area (Å²) in [5.74, 6) is 2.65. The van der Waals surface area contributed by atoms with Crippen molar-refractivity contribution < 1.29 is 9.94 Å². The Labute approximate surface area is 189 Å². The summed E-state index contributed by atoms with van der Waals surface area (Å²) in [7, 11) is 0. The van der Waals surface area contributed by atoms with Crippen molar-refractivity contribution in [3.63, 3.8) is 0 Å². The number of fused-ring (bicyclic) bond motifs is 5. The Hall–Kier alpha value is -1.13. The molecule has 0 aliphatic heterocycles. The third-order valence-corrected chi connectivity index (χ3v) is 9.99. The molecule has 0 radical (unpaired) electrons. The van der Waals surface area contributed by atoms with Crippen molar-refractivity contribution in [1.29, 1.82) is 0 Å². The first-order valence-corrected chi connectivity index (χ1v) is 12.8. The summed E-state index contributed by atoms with van der Waals surface area (Å²) in [5, 5.41) is 14.6. The van der Waals surface area contributed by atoms with Crippen LogP contribution in [0.5, 0.6) is 0 Å². The van der Waals surface area contributed by atoms with Gasteiger partial charge in [0, 0.05) is 0 Å². The van der Waals surface area contributed by atoms with E-state index >= 15 is 0 Å². The van der Waals surface area contributed by atoms with E-state index in [2.05, 4.69) is 37.2 Å². The van der Waals surface area contributed by atoms with E-state index in [4.69, 9.17) is 10.6 Å². The summed E-state index contributed by atoms with van der Waals surface area (Å²) in [6.07, 6.45) is 23.8. The fraction of sp³-hybridized carbons (Fsp3) is 0.815. The van der Waals surface area contributed by atoms with E-state index in [-0.39, 0.29) is 11.5 Å². The molecule has 4 nitrogen and oxygen atoms in total. The lowest BCUT2D eigenvalue weighted by molar-refractivity contribution is -0.153. The first kappa shape index (κ1) is 23.0. The molecule has 0 spiro atoms. The van der Waals surface area contributed by atoms with Crippen LogP contribution in [0.2, 0.25) is 0 Å². The molecule has 31 heavy (non-hydrogen) atoms. The zero-order valence-electron chi connectivity index (χ0n) is 19.8. The van der Waals surface area contributed by atoms with Gasteiger partial charge in [-0.3, -0.25) is 0 Å². The zero-order valence-corrected chi connectivity index (χ0v) is 19.8. The van der Waals surface area contributed by atoms with E-state index < -0.39 is 0 Å². The molecule has 0 aromatic rings. The van der Waals surface area contributed by atoms with Gasteiger partial charge in [-0.1, -0.05) is 43.7 Å². The van der Waals surface area contributed by atoms with Gasteiger partial charge in [0.25, 0.3) is 0 Å². The normalized spacial score (nSPS) is 45.2. The Kier molecular flexibility index (Phi) is 6.98. The van der Waals surface area contributed by atoms with Crippen LogP contribution in [0.25, 0.3) is 0 Å². The van der Waals surface area contributed by atoms with Gasteiger partial charge in [-0.05, 0) is 111 Å². The minimum atomic E-state index is -0.156. The van der Waals surface area contributed by atoms with Crippen molar-refractivity contribution in [2.75, 3.05) is 13.2 Å². The van der Waals surface area contributed by atoms with Crippen molar-refractivity contribution in [2.45, 2.75) is 90.6 Å². The van der Waals surface area contributed by atoms with Crippen LogP contribution in [-0.4, -0.2) is 30.6 Å². The van der Waals surface area contributed by atoms with Crippen LogP contribution in [0.1, 0.15) is 84.5 Å². The third kappa shape index (κ3) is 4.27. The van der Waals surface area contributed by atoms with Crippen molar-refractivity contribution in [3.8, 4) is 0 Å². The highest BCUT2D eigenvalue weighted by atomic mass is 16.6. The van der Waals surface area contributed by atoms with Gasteiger partial charge in [0.2, 0.25) is 0 Å². The largest absolute Gasteiger partial charge is 0.396 e. The molecule has 7 atom stereocenters. The quantitative estimate of drug-likeness (QED) is 0.239. The molecule has 0 amide bonds. The number of aliphatic hydroxyl groups excluding tert-OH is 1. The van der Waals surface area contributed by atoms with Gasteiger partial charge in [-0.15, -0.1) is 0 Å². The molecular formula is C27H44N2O2. The molecule has 0 saturated heterocycles. The molecule has 0 heterocycles. The maximum absolute atomic E-state index is 10.7. The average molecular weight is 429 g/mol. The second-order valence-electron chi connectivity index (χ2n) is 11.4. The number of aliphatic hydroxyl groups is 1. The molecule has 0 unspecified atom stereocenters. The minimum absolute atomic E-state index is 0.122. The van der Waals surface area contributed by atoms with Crippen molar-refractivity contribution in [1.82, 2.24) is 0 Å². The van der Waals surface area contributed by atoms with E-state index in [0.29, 0.717) is 24.0 Å². The van der Waals surface area contributed by atoms with Gasteiger partial charge in [-0.2, -0.15) is 0 Å². The summed E-state index contributed by atoms with van der Waals surface area (Å²) < 4.78 is 0. The fourth-order valence-electron chi connectivity index (χ4n) is 8.29. The molecule has 0 bridgehead atoms. The van der Waals surface area contributed by atoms with Crippen LogP contribution < -0.4 is 5.73 Å². The number of allylic oxidation sites excluding steroid dienone is 4. The summed E-state index contributed by atoms with van der Waals surface area (Å²) in [4.78, 5) is 5.17. The number of hydrogen-bond donors (Lipinski definition) is 2. The maximum atomic E-state index is 10.7. The van der Waals surface area contributed by atoms with Crippen molar-refractivity contribution in [3.05, 3.63) is 24.3 Å². The van der Waals surface area contributed by atoms with E-state index in [0.717, 1.165) is 37.0 Å².